The zero-order chi connectivity index (χ0) is 14.5. The summed E-state index contributed by atoms with van der Waals surface area (Å²) in [6.07, 6.45) is 1.33. The van der Waals surface area contributed by atoms with Crippen LogP contribution in [-0.4, -0.2) is 18.3 Å². The molecule has 1 N–H and O–H groups in total. The van der Waals surface area contributed by atoms with Crippen LogP contribution in [-0.2, 0) is 0 Å². The number of nitrogens with one attached hydrogen (secondary N) is 1. The molecule has 110 valence electrons. The Morgan fingerprint density at radius 3 is 2.38 bits per heavy atom. The van der Waals surface area contributed by atoms with Crippen molar-refractivity contribution in [2.24, 2.45) is 5.92 Å². The van der Waals surface area contributed by atoms with Gasteiger partial charge in [0, 0.05) is 16.7 Å². The lowest BCUT2D eigenvalue weighted by Crippen LogP contribution is -2.33. The predicted octanol–water partition coefficient (Wildman–Crippen LogP) is 4.56. The van der Waals surface area contributed by atoms with Gasteiger partial charge in [-0.2, -0.15) is 0 Å². The Kier molecular flexibility index (Phi) is 5.00. The van der Waals surface area contributed by atoms with Crippen molar-refractivity contribution < 1.29 is 0 Å². The Morgan fingerprint density at radius 1 is 1.05 bits per heavy atom. The summed E-state index contributed by atoms with van der Waals surface area (Å²) in [5, 5.41) is 3.69. The van der Waals surface area contributed by atoms with Crippen molar-refractivity contribution in [2.45, 2.75) is 30.2 Å². The molecule has 0 spiro atoms. The molecule has 0 bridgehead atoms. The molecule has 0 aromatic heterocycles. The van der Waals surface area contributed by atoms with Gasteiger partial charge in [-0.05, 0) is 42.5 Å². The summed E-state index contributed by atoms with van der Waals surface area (Å²) < 4.78 is 0. The third kappa shape index (κ3) is 3.90. The van der Waals surface area contributed by atoms with Crippen molar-refractivity contribution in [3.8, 4) is 0 Å². The van der Waals surface area contributed by atoms with E-state index < -0.39 is 0 Å². The fourth-order valence-electron chi connectivity index (χ4n) is 3.04. The van der Waals surface area contributed by atoms with Gasteiger partial charge < -0.3 is 5.32 Å². The van der Waals surface area contributed by atoms with E-state index in [-0.39, 0.29) is 0 Å². The van der Waals surface area contributed by atoms with E-state index in [4.69, 9.17) is 0 Å². The van der Waals surface area contributed by atoms with Gasteiger partial charge in [-0.25, -0.2) is 0 Å². The second kappa shape index (κ2) is 7.15. The van der Waals surface area contributed by atoms with Gasteiger partial charge in [0.1, 0.15) is 0 Å². The molecule has 1 saturated carbocycles. The van der Waals surface area contributed by atoms with Crippen LogP contribution in [0.25, 0.3) is 0 Å². The molecule has 2 aromatic rings. The molecule has 2 aromatic carbocycles. The van der Waals surface area contributed by atoms with Crippen molar-refractivity contribution in [3.05, 3.63) is 66.2 Å². The third-order valence-electron chi connectivity index (χ3n) is 4.22. The first-order valence-corrected chi connectivity index (χ1v) is 8.83. The maximum Gasteiger partial charge on any atom is 0.0195 e. The number of thioether (sulfide) groups is 1. The zero-order valence-electron chi connectivity index (χ0n) is 12.5. The zero-order valence-corrected chi connectivity index (χ0v) is 13.4. The molecule has 3 atom stereocenters. The van der Waals surface area contributed by atoms with Crippen LogP contribution in [0, 0.1) is 5.92 Å². The molecule has 21 heavy (non-hydrogen) atoms. The first kappa shape index (κ1) is 14.7. The fourth-order valence-corrected chi connectivity index (χ4v) is 4.13. The highest BCUT2D eigenvalue weighted by Gasteiger charge is 2.43. The Hall–Kier alpha value is -1.25. The van der Waals surface area contributed by atoms with Gasteiger partial charge in [0.15, 0.2) is 0 Å². The molecule has 0 heterocycles. The first-order valence-electron chi connectivity index (χ1n) is 7.84. The molecule has 1 fully saturated rings. The summed E-state index contributed by atoms with van der Waals surface area (Å²) in [4.78, 5) is 1.37. The maximum absolute atomic E-state index is 3.69. The smallest absolute Gasteiger partial charge is 0.0195 e. The molecular weight excluding hydrogens is 274 g/mol. The van der Waals surface area contributed by atoms with Gasteiger partial charge in [-0.15, -0.1) is 11.8 Å². The lowest BCUT2D eigenvalue weighted by molar-refractivity contribution is 0.510. The second-order valence-electron chi connectivity index (χ2n) is 5.70. The SMILES string of the molecule is CCNC(CSc1ccccc1)C1CC1c1ccccc1. The standard InChI is InChI=1S/C19H23NS/c1-2-20-19(14-21-16-11-7-4-8-12-16)18-13-17(18)15-9-5-3-6-10-15/h3-12,17-20H,2,13-14H2,1H3. The molecular formula is C19H23NS. The van der Waals surface area contributed by atoms with Gasteiger partial charge in [0.05, 0.1) is 0 Å². The molecule has 1 nitrogen and oxygen atoms in total. The topological polar surface area (TPSA) is 12.0 Å². The van der Waals surface area contributed by atoms with E-state index in [0.29, 0.717) is 6.04 Å². The predicted molar refractivity (Wildman–Crippen MR) is 91.9 cm³/mol. The number of hydrogen-bond acceptors (Lipinski definition) is 2. The Labute approximate surface area is 132 Å². The molecule has 3 rings (SSSR count). The normalized spacial score (nSPS) is 22.0. The lowest BCUT2D eigenvalue weighted by atomic mass is 10.1. The number of rotatable bonds is 7. The summed E-state index contributed by atoms with van der Waals surface area (Å²) in [5.74, 6) is 2.71. The Balaban J connectivity index is 1.58. The van der Waals surface area contributed by atoms with Crippen molar-refractivity contribution in [3.63, 3.8) is 0 Å². The fraction of sp³-hybridized carbons (Fsp3) is 0.368. The van der Waals surface area contributed by atoms with Crippen molar-refractivity contribution in [1.82, 2.24) is 5.32 Å². The van der Waals surface area contributed by atoms with Crippen LogP contribution in [0.2, 0.25) is 0 Å². The van der Waals surface area contributed by atoms with Crippen LogP contribution in [0.4, 0.5) is 0 Å². The highest BCUT2D eigenvalue weighted by atomic mass is 32.2. The molecule has 0 aliphatic heterocycles. The summed E-state index contributed by atoms with van der Waals surface area (Å²) in [7, 11) is 0. The Bertz CT molecular complexity index is 540. The van der Waals surface area contributed by atoms with Gasteiger partial charge in [-0.1, -0.05) is 55.5 Å². The van der Waals surface area contributed by atoms with E-state index in [0.717, 1.165) is 24.1 Å². The van der Waals surface area contributed by atoms with E-state index in [1.807, 2.05) is 11.8 Å². The summed E-state index contributed by atoms with van der Waals surface area (Å²) in [6.45, 7) is 3.26. The Morgan fingerprint density at radius 2 is 1.71 bits per heavy atom. The molecule has 0 saturated heterocycles. The minimum absolute atomic E-state index is 0.616. The van der Waals surface area contributed by atoms with E-state index >= 15 is 0 Å². The number of benzene rings is 2. The quantitative estimate of drug-likeness (QED) is 0.752. The van der Waals surface area contributed by atoms with Gasteiger partial charge in [0.2, 0.25) is 0 Å². The summed E-state index contributed by atoms with van der Waals surface area (Å²) in [5.41, 5.74) is 1.51. The van der Waals surface area contributed by atoms with Crippen LogP contribution in [0.5, 0.6) is 0 Å². The van der Waals surface area contributed by atoms with Crippen molar-refractivity contribution in [1.29, 1.82) is 0 Å². The minimum Gasteiger partial charge on any atom is -0.313 e. The van der Waals surface area contributed by atoms with Crippen molar-refractivity contribution >= 4 is 11.8 Å². The van der Waals surface area contributed by atoms with Crippen LogP contribution in [0.3, 0.4) is 0 Å². The highest BCUT2D eigenvalue weighted by molar-refractivity contribution is 7.99. The monoisotopic (exact) mass is 297 g/mol. The average molecular weight is 297 g/mol. The second-order valence-corrected chi connectivity index (χ2v) is 6.80. The molecule has 1 aliphatic carbocycles. The molecule has 2 heteroatoms. The third-order valence-corrected chi connectivity index (χ3v) is 5.35. The maximum atomic E-state index is 3.69. The van der Waals surface area contributed by atoms with Gasteiger partial charge >= 0.3 is 0 Å². The summed E-state index contributed by atoms with van der Waals surface area (Å²) in [6, 6.07) is 22.3. The van der Waals surface area contributed by atoms with E-state index in [2.05, 4.69) is 72.9 Å². The molecule has 0 amide bonds. The van der Waals surface area contributed by atoms with Crippen molar-refractivity contribution in [2.75, 3.05) is 12.3 Å². The lowest BCUT2D eigenvalue weighted by Gasteiger charge is -2.18. The van der Waals surface area contributed by atoms with Crippen LogP contribution in [0.1, 0.15) is 24.8 Å². The minimum atomic E-state index is 0.616. The van der Waals surface area contributed by atoms with Crippen LogP contribution < -0.4 is 5.32 Å². The van der Waals surface area contributed by atoms with Crippen LogP contribution in [0.15, 0.2) is 65.6 Å². The molecule has 0 radical (unpaired) electrons. The van der Waals surface area contributed by atoms with Crippen LogP contribution >= 0.6 is 11.8 Å². The largest absolute Gasteiger partial charge is 0.313 e. The summed E-state index contributed by atoms with van der Waals surface area (Å²) >= 11 is 1.97. The molecule has 3 unspecified atom stereocenters. The van der Waals surface area contributed by atoms with E-state index in [1.54, 1.807) is 0 Å². The first-order chi connectivity index (χ1) is 10.4. The highest BCUT2D eigenvalue weighted by Crippen LogP contribution is 2.50. The average Bonchev–Trinajstić information content (AvgIpc) is 3.34. The number of hydrogen-bond donors (Lipinski definition) is 1. The molecule has 1 aliphatic rings. The van der Waals surface area contributed by atoms with Gasteiger partial charge in [-0.3, -0.25) is 0 Å². The van der Waals surface area contributed by atoms with Gasteiger partial charge in [0.25, 0.3) is 0 Å². The van der Waals surface area contributed by atoms with E-state index in [9.17, 15) is 0 Å². The van der Waals surface area contributed by atoms with E-state index in [1.165, 1.54) is 16.9 Å².